The van der Waals surface area contributed by atoms with Gasteiger partial charge in [0.05, 0.1) is 18.7 Å². The molecular weight excluding hydrogens is 379 g/mol. The minimum absolute atomic E-state index is 0.182. The van der Waals surface area contributed by atoms with Crippen LogP contribution in [0.4, 0.5) is 4.39 Å². The zero-order valence-corrected chi connectivity index (χ0v) is 16.8. The molecule has 3 aromatic rings. The van der Waals surface area contributed by atoms with Gasteiger partial charge in [-0.2, -0.15) is 0 Å². The van der Waals surface area contributed by atoms with Gasteiger partial charge in [-0.3, -0.25) is 9.69 Å². The molecule has 0 saturated carbocycles. The molecule has 1 heterocycles. The second-order valence-corrected chi connectivity index (χ2v) is 7.75. The maximum atomic E-state index is 13.7. The average molecular weight is 402 g/mol. The number of benzene rings is 3. The number of amides is 1. The first-order valence-corrected chi connectivity index (χ1v) is 10.2. The number of rotatable bonds is 3. The van der Waals surface area contributed by atoms with E-state index >= 15 is 0 Å². The summed E-state index contributed by atoms with van der Waals surface area (Å²) in [6.07, 6.45) is 0. The second kappa shape index (κ2) is 7.58. The number of fused-ring (bicyclic) bond motifs is 3. The monoisotopic (exact) mass is 402 g/mol. The van der Waals surface area contributed by atoms with Gasteiger partial charge in [0.15, 0.2) is 0 Å². The Labute approximate surface area is 175 Å². The number of carbonyl (C=O) groups is 1. The third kappa shape index (κ3) is 3.06. The summed E-state index contributed by atoms with van der Waals surface area (Å²) >= 11 is 0. The molecule has 4 nitrogen and oxygen atoms in total. The van der Waals surface area contributed by atoms with Crippen molar-refractivity contribution in [2.24, 2.45) is 0 Å². The van der Waals surface area contributed by atoms with E-state index in [4.69, 9.17) is 4.74 Å². The highest BCUT2D eigenvalue weighted by molar-refractivity contribution is 5.97. The molecule has 5 heteroatoms. The van der Waals surface area contributed by atoms with Gasteiger partial charge in [-0.1, -0.05) is 48.5 Å². The largest absolute Gasteiger partial charge is 0.496 e. The number of piperazine rings is 1. The van der Waals surface area contributed by atoms with E-state index in [-0.39, 0.29) is 17.5 Å². The molecule has 1 saturated heterocycles. The molecule has 0 unspecified atom stereocenters. The number of halogens is 1. The minimum atomic E-state index is -0.433. The maximum absolute atomic E-state index is 13.7. The van der Waals surface area contributed by atoms with Crippen LogP contribution in [0.2, 0.25) is 0 Å². The van der Waals surface area contributed by atoms with Crippen LogP contribution in [0, 0.1) is 5.82 Å². The molecule has 1 fully saturated rings. The van der Waals surface area contributed by atoms with Crippen molar-refractivity contribution >= 4 is 5.91 Å². The molecule has 2 aliphatic rings. The number of carbonyl (C=O) groups excluding carboxylic acids is 1. The molecule has 5 rings (SSSR count). The fourth-order valence-electron chi connectivity index (χ4n) is 4.72. The number of nitrogens with zero attached hydrogens (tertiary/aromatic N) is 2. The molecule has 0 bridgehead atoms. The van der Waals surface area contributed by atoms with Gasteiger partial charge in [0.2, 0.25) is 0 Å². The Bertz CT molecular complexity index is 1060. The number of hydrogen-bond donors (Lipinski definition) is 0. The van der Waals surface area contributed by atoms with Crippen LogP contribution in [0.5, 0.6) is 5.75 Å². The van der Waals surface area contributed by atoms with Gasteiger partial charge in [0.1, 0.15) is 11.6 Å². The summed E-state index contributed by atoms with van der Waals surface area (Å²) in [6, 6.07) is 21.4. The zero-order chi connectivity index (χ0) is 20.7. The summed E-state index contributed by atoms with van der Waals surface area (Å²) in [6.45, 7) is 2.71. The van der Waals surface area contributed by atoms with Crippen LogP contribution >= 0.6 is 0 Å². The van der Waals surface area contributed by atoms with Crippen molar-refractivity contribution in [1.82, 2.24) is 9.80 Å². The first kappa shape index (κ1) is 18.8. The molecule has 3 aromatic carbocycles. The molecule has 1 amide bonds. The van der Waals surface area contributed by atoms with E-state index in [9.17, 15) is 9.18 Å². The standard InChI is InChI=1S/C25H23FN2O2/c1-30-23-11-10-17(26)16-22(23)25(29)28-14-12-27(13-15-28)24-20-8-4-2-6-18(20)19-7-3-5-9-21(19)24/h2-11,16,24H,12-15H2,1H3. The molecule has 0 atom stereocenters. The van der Waals surface area contributed by atoms with Gasteiger partial charge in [0, 0.05) is 26.2 Å². The van der Waals surface area contributed by atoms with Crippen LogP contribution in [0.3, 0.4) is 0 Å². The molecule has 30 heavy (non-hydrogen) atoms. The number of hydrogen-bond acceptors (Lipinski definition) is 3. The van der Waals surface area contributed by atoms with Crippen molar-refractivity contribution in [2.45, 2.75) is 6.04 Å². The second-order valence-electron chi connectivity index (χ2n) is 7.75. The number of methoxy groups -OCH3 is 1. The Balaban J connectivity index is 1.37. The third-order valence-electron chi connectivity index (χ3n) is 6.16. The molecule has 1 aliphatic carbocycles. The fraction of sp³-hybridized carbons (Fsp3) is 0.240. The molecule has 0 N–H and O–H groups in total. The van der Waals surface area contributed by atoms with Crippen molar-refractivity contribution in [3.8, 4) is 16.9 Å². The summed E-state index contributed by atoms with van der Waals surface area (Å²) in [5.41, 5.74) is 5.51. The van der Waals surface area contributed by atoms with E-state index in [2.05, 4.69) is 53.4 Å². The Kier molecular flexibility index (Phi) is 4.75. The summed E-state index contributed by atoms with van der Waals surface area (Å²) in [7, 11) is 1.50. The van der Waals surface area contributed by atoms with Gasteiger partial charge in [-0.05, 0) is 40.5 Å². The van der Waals surface area contributed by atoms with E-state index < -0.39 is 5.82 Å². The maximum Gasteiger partial charge on any atom is 0.257 e. The van der Waals surface area contributed by atoms with Gasteiger partial charge >= 0.3 is 0 Å². The molecule has 1 aliphatic heterocycles. The van der Waals surface area contributed by atoms with Gasteiger partial charge < -0.3 is 9.64 Å². The van der Waals surface area contributed by atoms with E-state index in [1.807, 2.05) is 0 Å². The molecule has 152 valence electrons. The van der Waals surface area contributed by atoms with E-state index in [0.29, 0.717) is 18.8 Å². The fourth-order valence-corrected chi connectivity index (χ4v) is 4.72. The molecule has 0 spiro atoms. The van der Waals surface area contributed by atoms with Gasteiger partial charge in [-0.25, -0.2) is 4.39 Å². The Morgan fingerprint density at radius 2 is 1.50 bits per heavy atom. The first-order valence-electron chi connectivity index (χ1n) is 10.2. The third-order valence-corrected chi connectivity index (χ3v) is 6.16. The van der Waals surface area contributed by atoms with Crippen molar-refractivity contribution in [2.75, 3.05) is 33.3 Å². The Morgan fingerprint density at radius 1 is 0.900 bits per heavy atom. The van der Waals surface area contributed by atoms with Crippen molar-refractivity contribution in [1.29, 1.82) is 0 Å². The minimum Gasteiger partial charge on any atom is -0.496 e. The average Bonchev–Trinajstić information content (AvgIpc) is 3.13. The van der Waals surface area contributed by atoms with Gasteiger partial charge in [-0.15, -0.1) is 0 Å². The molecular formula is C25H23FN2O2. The normalized spacial score (nSPS) is 16.3. The van der Waals surface area contributed by atoms with E-state index in [1.54, 1.807) is 4.90 Å². The summed E-state index contributed by atoms with van der Waals surface area (Å²) in [4.78, 5) is 17.3. The smallest absolute Gasteiger partial charge is 0.257 e. The predicted octanol–water partition coefficient (Wildman–Crippen LogP) is 4.36. The lowest BCUT2D eigenvalue weighted by Gasteiger charge is -2.38. The summed E-state index contributed by atoms with van der Waals surface area (Å²) in [5.74, 6) is -0.211. The SMILES string of the molecule is COc1ccc(F)cc1C(=O)N1CCN(C2c3ccccc3-c3ccccc32)CC1. The van der Waals surface area contributed by atoms with Crippen LogP contribution in [0.25, 0.3) is 11.1 Å². The lowest BCUT2D eigenvalue weighted by Crippen LogP contribution is -2.49. The van der Waals surface area contributed by atoms with E-state index in [0.717, 1.165) is 13.1 Å². The highest BCUT2D eigenvalue weighted by atomic mass is 19.1. The van der Waals surface area contributed by atoms with Crippen molar-refractivity contribution in [3.05, 3.63) is 89.2 Å². The highest BCUT2D eigenvalue weighted by Crippen LogP contribution is 2.46. The predicted molar refractivity (Wildman–Crippen MR) is 114 cm³/mol. The number of ether oxygens (including phenoxy) is 1. The summed E-state index contributed by atoms with van der Waals surface area (Å²) in [5, 5.41) is 0. The topological polar surface area (TPSA) is 32.8 Å². The Hall–Kier alpha value is -3.18. The highest BCUT2D eigenvalue weighted by Gasteiger charge is 2.35. The quantitative estimate of drug-likeness (QED) is 0.653. The van der Waals surface area contributed by atoms with Crippen LogP contribution < -0.4 is 4.74 Å². The van der Waals surface area contributed by atoms with Crippen LogP contribution in [0.15, 0.2) is 66.7 Å². The summed E-state index contributed by atoms with van der Waals surface area (Å²) < 4.78 is 19.0. The van der Waals surface area contributed by atoms with Crippen molar-refractivity contribution < 1.29 is 13.9 Å². The van der Waals surface area contributed by atoms with Crippen molar-refractivity contribution in [3.63, 3.8) is 0 Å². The van der Waals surface area contributed by atoms with Crippen LogP contribution in [-0.2, 0) is 0 Å². The lowest BCUT2D eigenvalue weighted by molar-refractivity contribution is 0.0596. The zero-order valence-electron chi connectivity index (χ0n) is 16.8. The van der Waals surface area contributed by atoms with Crippen LogP contribution in [0.1, 0.15) is 27.5 Å². The molecule has 0 aromatic heterocycles. The van der Waals surface area contributed by atoms with Gasteiger partial charge in [0.25, 0.3) is 5.91 Å². The first-order chi connectivity index (χ1) is 14.7. The van der Waals surface area contributed by atoms with Crippen LogP contribution in [-0.4, -0.2) is 49.0 Å². The lowest BCUT2D eigenvalue weighted by atomic mass is 10.0. The van der Waals surface area contributed by atoms with E-state index in [1.165, 1.54) is 47.6 Å². The Morgan fingerprint density at radius 3 is 2.10 bits per heavy atom. The molecule has 0 radical (unpaired) electrons.